The van der Waals surface area contributed by atoms with Gasteiger partial charge in [-0.25, -0.2) is 9.78 Å². The van der Waals surface area contributed by atoms with Crippen molar-refractivity contribution in [3.05, 3.63) is 52.0 Å². The summed E-state index contributed by atoms with van der Waals surface area (Å²) in [4.78, 5) is 15.5. The van der Waals surface area contributed by atoms with Gasteiger partial charge in [0.05, 0.1) is 19.2 Å². The zero-order valence-electron chi connectivity index (χ0n) is 10.1. The number of methoxy groups -OCH3 is 1. The molecule has 0 aliphatic rings. The van der Waals surface area contributed by atoms with Crippen LogP contribution in [-0.2, 0) is 11.3 Å². The van der Waals surface area contributed by atoms with Crippen LogP contribution >= 0.6 is 15.9 Å². The molecule has 0 bridgehead atoms. The number of benzene rings is 1. The van der Waals surface area contributed by atoms with Gasteiger partial charge in [-0.3, -0.25) is 0 Å². The van der Waals surface area contributed by atoms with E-state index in [2.05, 4.69) is 20.9 Å². The number of imidazole rings is 1. The van der Waals surface area contributed by atoms with Crippen LogP contribution in [0.15, 0.2) is 35.1 Å². The highest BCUT2D eigenvalue weighted by molar-refractivity contribution is 9.10. The van der Waals surface area contributed by atoms with E-state index < -0.39 is 5.97 Å². The van der Waals surface area contributed by atoms with Crippen molar-refractivity contribution in [3.63, 3.8) is 0 Å². The second-order valence-corrected chi connectivity index (χ2v) is 4.55. The summed E-state index contributed by atoms with van der Waals surface area (Å²) in [6.45, 7) is 0.453. The van der Waals surface area contributed by atoms with Crippen molar-refractivity contribution in [1.82, 2.24) is 9.55 Å². The lowest BCUT2D eigenvalue weighted by molar-refractivity contribution is 0.0599. The minimum absolute atomic E-state index is 0.329. The molecule has 6 heteroatoms. The van der Waals surface area contributed by atoms with Gasteiger partial charge in [-0.15, -0.1) is 0 Å². The molecule has 0 fully saturated rings. The number of hydrogen-bond acceptors (Lipinski definition) is 4. The van der Waals surface area contributed by atoms with Crippen molar-refractivity contribution in [2.75, 3.05) is 7.11 Å². The van der Waals surface area contributed by atoms with Gasteiger partial charge in [0.1, 0.15) is 6.07 Å². The second kappa shape index (κ2) is 5.67. The normalized spacial score (nSPS) is 9.95. The molecule has 96 valence electrons. The van der Waals surface area contributed by atoms with E-state index in [9.17, 15) is 4.79 Å². The van der Waals surface area contributed by atoms with E-state index in [0.29, 0.717) is 22.4 Å². The zero-order valence-corrected chi connectivity index (χ0v) is 11.7. The quantitative estimate of drug-likeness (QED) is 0.814. The van der Waals surface area contributed by atoms with Crippen LogP contribution in [0.5, 0.6) is 0 Å². The van der Waals surface area contributed by atoms with E-state index in [-0.39, 0.29) is 0 Å². The fraction of sp³-hybridized carbons (Fsp3) is 0.154. The van der Waals surface area contributed by atoms with Gasteiger partial charge in [0.15, 0.2) is 0 Å². The molecule has 2 rings (SSSR count). The van der Waals surface area contributed by atoms with Gasteiger partial charge in [0.2, 0.25) is 5.82 Å². The fourth-order valence-electron chi connectivity index (χ4n) is 1.70. The Morgan fingerprint density at radius 1 is 1.58 bits per heavy atom. The number of nitrogens with zero attached hydrogens (tertiary/aromatic N) is 3. The van der Waals surface area contributed by atoms with Crippen molar-refractivity contribution >= 4 is 21.9 Å². The standard InChI is InChI=1S/C13H10BrN3O2/c1-19-13(18)10-4-2-3-9(12(10)14)8-17-6-5-16-11(17)7-15/h2-6H,8H2,1H3. The first-order chi connectivity index (χ1) is 9.17. The number of halogens is 1. The molecule has 1 aromatic carbocycles. The molecular weight excluding hydrogens is 310 g/mol. The predicted molar refractivity (Wildman–Crippen MR) is 71.5 cm³/mol. The minimum Gasteiger partial charge on any atom is -0.465 e. The third kappa shape index (κ3) is 2.66. The first kappa shape index (κ1) is 13.3. The number of carbonyl (C=O) groups excluding carboxylic acids is 1. The molecule has 0 aliphatic carbocycles. The number of rotatable bonds is 3. The Hall–Kier alpha value is -2.13. The third-order valence-corrected chi connectivity index (χ3v) is 3.58. The van der Waals surface area contributed by atoms with E-state index in [1.54, 1.807) is 29.1 Å². The summed E-state index contributed by atoms with van der Waals surface area (Å²) < 4.78 is 7.09. The largest absolute Gasteiger partial charge is 0.465 e. The molecule has 19 heavy (non-hydrogen) atoms. The van der Waals surface area contributed by atoms with Crippen molar-refractivity contribution in [3.8, 4) is 6.07 Å². The lowest BCUT2D eigenvalue weighted by Gasteiger charge is -2.09. The Labute approximate surface area is 118 Å². The summed E-state index contributed by atoms with van der Waals surface area (Å²) in [5.41, 5.74) is 1.33. The minimum atomic E-state index is -0.403. The van der Waals surface area contributed by atoms with Crippen LogP contribution in [0.1, 0.15) is 21.7 Å². The summed E-state index contributed by atoms with van der Waals surface area (Å²) in [5.74, 6) is -0.0739. The van der Waals surface area contributed by atoms with Gasteiger partial charge in [-0.2, -0.15) is 5.26 Å². The molecule has 5 nitrogen and oxygen atoms in total. The van der Waals surface area contributed by atoms with Crippen LogP contribution in [0, 0.1) is 11.3 Å². The second-order valence-electron chi connectivity index (χ2n) is 3.76. The molecule has 0 unspecified atom stereocenters. The monoisotopic (exact) mass is 319 g/mol. The molecule has 0 saturated carbocycles. The number of ether oxygens (including phenoxy) is 1. The summed E-state index contributed by atoms with van der Waals surface area (Å²) >= 11 is 3.40. The van der Waals surface area contributed by atoms with E-state index >= 15 is 0 Å². The maximum atomic E-state index is 11.6. The molecule has 0 radical (unpaired) electrons. The lowest BCUT2D eigenvalue weighted by atomic mass is 10.1. The van der Waals surface area contributed by atoms with Crippen LogP contribution in [-0.4, -0.2) is 22.6 Å². The highest BCUT2D eigenvalue weighted by Crippen LogP contribution is 2.23. The summed E-state index contributed by atoms with van der Waals surface area (Å²) in [6, 6.07) is 7.33. The van der Waals surface area contributed by atoms with Crippen LogP contribution in [0.2, 0.25) is 0 Å². The summed E-state index contributed by atoms with van der Waals surface area (Å²) in [7, 11) is 1.34. The van der Waals surface area contributed by atoms with Gasteiger partial charge < -0.3 is 9.30 Å². The number of carbonyl (C=O) groups is 1. The maximum absolute atomic E-state index is 11.6. The highest BCUT2D eigenvalue weighted by Gasteiger charge is 2.14. The average Bonchev–Trinajstić information content (AvgIpc) is 2.87. The van der Waals surface area contributed by atoms with Gasteiger partial charge in [0, 0.05) is 16.9 Å². The van der Waals surface area contributed by atoms with Gasteiger partial charge in [-0.05, 0) is 27.6 Å². The molecule has 0 atom stereocenters. The molecule has 0 saturated heterocycles. The van der Waals surface area contributed by atoms with Crippen molar-refractivity contribution < 1.29 is 9.53 Å². The fourth-order valence-corrected chi connectivity index (χ4v) is 2.25. The molecule has 0 aliphatic heterocycles. The molecule has 0 amide bonds. The number of hydrogen-bond donors (Lipinski definition) is 0. The number of nitriles is 1. The lowest BCUT2D eigenvalue weighted by Crippen LogP contribution is -2.07. The molecular formula is C13H10BrN3O2. The Morgan fingerprint density at radius 2 is 2.37 bits per heavy atom. The molecule has 0 spiro atoms. The van der Waals surface area contributed by atoms with Crippen LogP contribution in [0.3, 0.4) is 0 Å². The Morgan fingerprint density at radius 3 is 3.05 bits per heavy atom. The summed E-state index contributed by atoms with van der Waals surface area (Å²) in [5, 5.41) is 8.92. The smallest absolute Gasteiger partial charge is 0.339 e. The molecule has 1 aromatic heterocycles. The number of aromatic nitrogens is 2. The zero-order chi connectivity index (χ0) is 13.8. The highest BCUT2D eigenvalue weighted by atomic mass is 79.9. The summed E-state index contributed by atoms with van der Waals surface area (Å²) in [6.07, 6.45) is 3.28. The van der Waals surface area contributed by atoms with Crippen LogP contribution in [0.25, 0.3) is 0 Å². The van der Waals surface area contributed by atoms with E-state index in [1.165, 1.54) is 7.11 Å². The Kier molecular flexibility index (Phi) is 3.97. The van der Waals surface area contributed by atoms with Crippen LogP contribution in [0.4, 0.5) is 0 Å². The van der Waals surface area contributed by atoms with Crippen molar-refractivity contribution in [2.24, 2.45) is 0 Å². The molecule has 1 heterocycles. The van der Waals surface area contributed by atoms with Gasteiger partial charge in [0.25, 0.3) is 0 Å². The predicted octanol–water partition coefficient (Wildman–Crippen LogP) is 2.35. The average molecular weight is 320 g/mol. The van der Waals surface area contributed by atoms with E-state index in [1.807, 2.05) is 12.1 Å². The van der Waals surface area contributed by atoms with E-state index in [4.69, 9.17) is 10.00 Å². The Bertz CT molecular complexity index is 658. The van der Waals surface area contributed by atoms with E-state index in [0.717, 1.165) is 5.56 Å². The number of esters is 1. The topological polar surface area (TPSA) is 67.9 Å². The SMILES string of the molecule is COC(=O)c1cccc(Cn2ccnc2C#N)c1Br. The van der Waals surface area contributed by atoms with Gasteiger partial charge >= 0.3 is 5.97 Å². The molecule has 2 aromatic rings. The maximum Gasteiger partial charge on any atom is 0.339 e. The van der Waals surface area contributed by atoms with Crippen molar-refractivity contribution in [1.29, 1.82) is 5.26 Å². The first-order valence-electron chi connectivity index (χ1n) is 5.44. The third-order valence-electron chi connectivity index (χ3n) is 2.64. The Balaban J connectivity index is 2.37. The van der Waals surface area contributed by atoms with Gasteiger partial charge in [-0.1, -0.05) is 12.1 Å². The van der Waals surface area contributed by atoms with Crippen molar-refractivity contribution in [2.45, 2.75) is 6.54 Å². The molecule has 0 N–H and O–H groups in total. The van der Waals surface area contributed by atoms with Crippen LogP contribution < -0.4 is 0 Å². The first-order valence-corrected chi connectivity index (χ1v) is 6.23.